The van der Waals surface area contributed by atoms with E-state index in [9.17, 15) is 4.79 Å². The van der Waals surface area contributed by atoms with E-state index in [0.717, 1.165) is 5.56 Å². The van der Waals surface area contributed by atoms with Crippen molar-refractivity contribution in [3.63, 3.8) is 0 Å². The van der Waals surface area contributed by atoms with Crippen LogP contribution in [-0.4, -0.2) is 38.8 Å². The molecule has 4 N–H and O–H groups in total. The smallest absolute Gasteiger partial charge is 0.240 e. The third kappa shape index (κ3) is 4.58. The second-order valence-corrected chi connectivity index (χ2v) is 6.17. The van der Waals surface area contributed by atoms with Crippen molar-refractivity contribution in [2.45, 2.75) is 24.9 Å². The molecule has 0 radical (unpaired) electrons. The lowest BCUT2D eigenvalue weighted by Crippen LogP contribution is -2.34. The van der Waals surface area contributed by atoms with E-state index in [1.54, 1.807) is 0 Å². The number of likely N-dealkylation sites (N-methyl/N-ethyl adjacent to an activating group) is 1. The molecule has 0 aliphatic carbocycles. The molecule has 0 aliphatic rings. The third-order valence-corrected chi connectivity index (χ3v) is 4.73. The summed E-state index contributed by atoms with van der Waals surface area (Å²) in [5.74, 6) is 1.14. The van der Waals surface area contributed by atoms with Gasteiger partial charge in [0, 0.05) is 13.1 Å². The van der Waals surface area contributed by atoms with Crippen LogP contribution in [0.4, 0.5) is 11.9 Å². The highest BCUT2D eigenvalue weighted by molar-refractivity contribution is 7.99. The summed E-state index contributed by atoms with van der Waals surface area (Å²) in [6.45, 7) is 5.29. The largest absolute Gasteiger partial charge is 0.368 e. The molecule has 1 atom stereocenters. The van der Waals surface area contributed by atoms with Crippen molar-refractivity contribution < 1.29 is 4.79 Å². The number of carbonyl (C=O) groups is 1. The van der Waals surface area contributed by atoms with Crippen LogP contribution in [0.2, 0.25) is 0 Å². The monoisotopic (exact) mass is 346 g/mol. The topological polar surface area (TPSA) is 111 Å². The first kappa shape index (κ1) is 18.0. The molecule has 1 amide bonds. The van der Waals surface area contributed by atoms with Crippen LogP contribution in [0.3, 0.4) is 0 Å². The van der Waals surface area contributed by atoms with Gasteiger partial charge in [0.05, 0.1) is 5.75 Å². The van der Waals surface area contributed by atoms with E-state index < -0.39 is 0 Å². The van der Waals surface area contributed by atoms with Crippen molar-refractivity contribution in [1.82, 2.24) is 19.9 Å². The fraction of sp³-hybridized carbons (Fsp3) is 0.375. The molecule has 1 aromatic carbocycles. The van der Waals surface area contributed by atoms with E-state index in [2.05, 4.69) is 15.0 Å². The maximum Gasteiger partial charge on any atom is 0.240 e. The van der Waals surface area contributed by atoms with Crippen molar-refractivity contribution >= 4 is 29.6 Å². The Morgan fingerprint density at radius 3 is 2.21 bits per heavy atom. The molecule has 128 valence electrons. The first-order chi connectivity index (χ1) is 11.5. The molecule has 7 nitrogen and oxygen atoms in total. The fourth-order valence-corrected chi connectivity index (χ4v) is 3.40. The van der Waals surface area contributed by atoms with Crippen LogP contribution in [0.15, 0.2) is 30.3 Å². The molecule has 0 bridgehead atoms. The molecule has 1 heterocycles. The summed E-state index contributed by atoms with van der Waals surface area (Å²) in [4.78, 5) is 26.6. The highest BCUT2D eigenvalue weighted by Crippen LogP contribution is 2.32. The molecule has 0 fully saturated rings. The van der Waals surface area contributed by atoms with Crippen molar-refractivity contribution in [2.24, 2.45) is 0 Å². The Balaban J connectivity index is 2.21. The molecule has 0 aliphatic heterocycles. The van der Waals surface area contributed by atoms with Gasteiger partial charge in [0.2, 0.25) is 17.8 Å². The normalized spacial score (nSPS) is 11.9. The second kappa shape index (κ2) is 8.49. The minimum absolute atomic E-state index is 0.0752. The number of hydrogen-bond acceptors (Lipinski definition) is 7. The summed E-state index contributed by atoms with van der Waals surface area (Å²) < 4.78 is 0. The number of aromatic nitrogens is 3. The third-order valence-electron chi connectivity index (χ3n) is 3.50. The average molecular weight is 346 g/mol. The number of benzene rings is 1. The lowest BCUT2D eigenvalue weighted by atomic mass is 10.1. The van der Waals surface area contributed by atoms with Crippen molar-refractivity contribution in [2.75, 3.05) is 24.6 Å². The summed E-state index contributed by atoms with van der Waals surface area (Å²) >= 11 is 1.46. The number of carbonyl (C=O) groups excluding carboxylic acids is 1. The Kier molecular flexibility index (Phi) is 6.36. The average Bonchev–Trinajstić information content (AvgIpc) is 2.56. The lowest BCUT2D eigenvalue weighted by Gasteiger charge is -2.25. The van der Waals surface area contributed by atoms with Gasteiger partial charge in [0.25, 0.3) is 0 Å². The van der Waals surface area contributed by atoms with Gasteiger partial charge in [-0.05, 0) is 19.4 Å². The molecule has 8 heteroatoms. The standard InChI is InChI=1S/C16H22N6OS/c1-3-22(4-2)14(23)13(11-8-6-5-7-9-11)24-10-12-19-15(17)21-16(18)20-12/h5-9,13H,3-4,10H2,1-2H3,(H4,17,18,19,20,21). The van der Waals surface area contributed by atoms with Gasteiger partial charge in [-0.1, -0.05) is 30.3 Å². The van der Waals surface area contributed by atoms with Crippen LogP contribution < -0.4 is 11.5 Å². The maximum absolute atomic E-state index is 12.9. The van der Waals surface area contributed by atoms with Crippen LogP contribution in [0, 0.1) is 0 Å². The van der Waals surface area contributed by atoms with Crippen LogP contribution in [0.5, 0.6) is 0 Å². The molecule has 0 spiro atoms. The first-order valence-electron chi connectivity index (χ1n) is 7.76. The molecule has 1 unspecified atom stereocenters. The molecular formula is C16H22N6OS. The highest BCUT2D eigenvalue weighted by Gasteiger charge is 2.25. The number of amides is 1. The van der Waals surface area contributed by atoms with E-state index in [4.69, 9.17) is 11.5 Å². The predicted molar refractivity (Wildman–Crippen MR) is 97.1 cm³/mol. The quantitative estimate of drug-likeness (QED) is 0.787. The number of thioether (sulfide) groups is 1. The van der Waals surface area contributed by atoms with Gasteiger partial charge in [-0.15, -0.1) is 11.8 Å². The van der Waals surface area contributed by atoms with Crippen molar-refractivity contribution in [3.8, 4) is 0 Å². The Labute approximate surface area is 145 Å². The number of nitrogen functional groups attached to an aromatic ring is 2. The first-order valence-corrected chi connectivity index (χ1v) is 8.81. The Morgan fingerprint density at radius 2 is 1.67 bits per heavy atom. The minimum atomic E-state index is -0.328. The van der Waals surface area contributed by atoms with Gasteiger partial charge in [-0.25, -0.2) is 0 Å². The van der Waals surface area contributed by atoms with Crippen LogP contribution in [-0.2, 0) is 10.5 Å². The molecule has 0 saturated heterocycles. The number of rotatable bonds is 7. The number of nitrogens with zero attached hydrogens (tertiary/aromatic N) is 4. The van der Waals surface area contributed by atoms with E-state index >= 15 is 0 Å². The molecule has 2 aromatic rings. The fourth-order valence-electron chi connectivity index (χ4n) is 2.32. The Bertz CT molecular complexity index is 657. The van der Waals surface area contributed by atoms with Gasteiger partial charge < -0.3 is 16.4 Å². The molecule has 1 aromatic heterocycles. The van der Waals surface area contributed by atoms with E-state index in [1.165, 1.54) is 11.8 Å². The van der Waals surface area contributed by atoms with E-state index in [-0.39, 0.29) is 23.1 Å². The summed E-state index contributed by atoms with van der Waals surface area (Å²) in [6.07, 6.45) is 0. The maximum atomic E-state index is 12.9. The van der Waals surface area contributed by atoms with Crippen LogP contribution in [0.25, 0.3) is 0 Å². The number of anilines is 2. The van der Waals surface area contributed by atoms with Gasteiger partial charge in [0.15, 0.2) is 0 Å². The minimum Gasteiger partial charge on any atom is -0.368 e. The van der Waals surface area contributed by atoms with Gasteiger partial charge in [0.1, 0.15) is 11.1 Å². The highest BCUT2D eigenvalue weighted by atomic mass is 32.2. The van der Waals surface area contributed by atoms with Crippen molar-refractivity contribution in [3.05, 3.63) is 41.7 Å². The van der Waals surface area contributed by atoms with Crippen LogP contribution >= 0.6 is 11.8 Å². The van der Waals surface area contributed by atoms with Crippen LogP contribution in [0.1, 0.15) is 30.5 Å². The Morgan fingerprint density at radius 1 is 1.08 bits per heavy atom. The van der Waals surface area contributed by atoms with Crippen molar-refractivity contribution in [1.29, 1.82) is 0 Å². The number of hydrogen-bond donors (Lipinski definition) is 2. The zero-order valence-electron chi connectivity index (χ0n) is 13.8. The van der Waals surface area contributed by atoms with Gasteiger partial charge in [-0.3, -0.25) is 4.79 Å². The summed E-state index contributed by atoms with van der Waals surface area (Å²) in [7, 11) is 0. The predicted octanol–water partition coefficient (Wildman–Crippen LogP) is 1.88. The summed E-state index contributed by atoms with van der Waals surface area (Å²) in [6, 6.07) is 9.69. The summed E-state index contributed by atoms with van der Waals surface area (Å²) in [5.41, 5.74) is 12.2. The molecular weight excluding hydrogens is 324 g/mol. The Hall–Kier alpha value is -2.35. The second-order valence-electron chi connectivity index (χ2n) is 5.08. The summed E-state index contributed by atoms with van der Waals surface area (Å²) in [5, 5.41) is -0.328. The molecule has 24 heavy (non-hydrogen) atoms. The van der Waals surface area contributed by atoms with Gasteiger partial charge >= 0.3 is 0 Å². The van der Waals surface area contributed by atoms with Gasteiger partial charge in [-0.2, -0.15) is 15.0 Å². The SMILES string of the molecule is CCN(CC)C(=O)C(SCc1nc(N)nc(N)n1)c1ccccc1. The molecule has 0 saturated carbocycles. The number of nitrogens with two attached hydrogens (primary N) is 2. The van der Waals surface area contributed by atoms with E-state index in [0.29, 0.717) is 24.7 Å². The zero-order valence-corrected chi connectivity index (χ0v) is 14.7. The van der Waals surface area contributed by atoms with E-state index in [1.807, 2.05) is 49.1 Å². The molecule has 2 rings (SSSR count). The zero-order chi connectivity index (χ0) is 17.5. The lowest BCUT2D eigenvalue weighted by molar-refractivity contribution is -0.130.